The summed E-state index contributed by atoms with van der Waals surface area (Å²) in [5.74, 6) is 0.0495. The molecule has 0 aliphatic rings. The summed E-state index contributed by atoms with van der Waals surface area (Å²) < 4.78 is 9.71. The molecule has 0 heterocycles. The molecule has 1 rings (SSSR count). The number of esters is 1. The Morgan fingerprint density at radius 3 is 2.35 bits per heavy atom. The van der Waals surface area contributed by atoms with Gasteiger partial charge in [-0.2, -0.15) is 0 Å². The third-order valence-electron chi connectivity index (χ3n) is 2.70. The molecule has 0 saturated heterocycles. The van der Waals surface area contributed by atoms with Crippen LogP contribution in [0.25, 0.3) is 0 Å². The van der Waals surface area contributed by atoms with Crippen molar-refractivity contribution in [3.8, 4) is 5.75 Å². The highest BCUT2D eigenvalue weighted by Crippen LogP contribution is 2.10. The summed E-state index contributed by atoms with van der Waals surface area (Å²) in [4.78, 5) is 22.5. The highest BCUT2D eigenvalue weighted by atomic mass is 16.5. The SMILES string of the molecule is COC(=O)C(CNCc1ccc(OC)cc1)NC(C)=O. The summed E-state index contributed by atoms with van der Waals surface area (Å²) in [6, 6.07) is 6.90. The minimum absolute atomic E-state index is 0.272. The zero-order chi connectivity index (χ0) is 15.0. The van der Waals surface area contributed by atoms with E-state index in [1.165, 1.54) is 14.0 Å². The van der Waals surface area contributed by atoms with E-state index in [9.17, 15) is 9.59 Å². The number of nitrogens with one attached hydrogen (secondary N) is 2. The van der Waals surface area contributed by atoms with E-state index < -0.39 is 12.0 Å². The lowest BCUT2D eigenvalue weighted by molar-refractivity contribution is -0.144. The monoisotopic (exact) mass is 280 g/mol. The van der Waals surface area contributed by atoms with Crippen LogP contribution in [0.2, 0.25) is 0 Å². The number of rotatable bonds is 7. The molecule has 0 aromatic heterocycles. The summed E-state index contributed by atoms with van der Waals surface area (Å²) in [6.45, 7) is 2.24. The summed E-state index contributed by atoms with van der Waals surface area (Å²) >= 11 is 0. The first-order chi connectivity index (χ1) is 9.56. The molecule has 1 atom stereocenters. The van der Waals surface area contributed by atoms with Gasteiger partial charge in [0.2, 0.25) is 5.91 Å². The molecule has 0 aliphatic carbocycles. The lowest BCUT2D eigenvalue weighted by atomic mass is 10.2. The van der Waals surface area contributed by atoms with Gasteiger partial charge in [0.05, 0.1) is 14.2 Å². The van der Waals surface area contributed by atoms with Gasteiger partial charge in [0.15, 0.2) is 0 Å². The molecule has 2 N–H and O–H groups in total. The number of methoxy groups -OCH3 is 2. The predicted octanol–water partition coefficient (Wildman–Crippen LogP) is 0.462. The summed E-state index contributed by atoms with van der Waals surface area (Å²) in [6.07, 6.45) is 0. The Kier molecular flexibility index (Phi) is 6.52. The zero-order valence-corrected chi connectivity index (χ0v) is 11.9. The highest BCUT2D eigenvalue weighted by molar-refractivity contribution is 5.83. The average molecular weight is 280 g/mol. The molecule has 0 bridgehead atoms. The van der Waals surface area contributed by atoms with Gasteiger partial charge >= 0.3 is 5.97 Å². The Morgan fingerprint density at radius 2 is 1.85 bits per heavy atom. The van der Waals surface area contributed by atoms with E-state index in [1.54, 1.807) is 7.11 Å². The first kappa shape index (κ1) is 16.0. The summed E-state index contributed by atoms with van der Waals surface area (Å²) in [5, 5.41) is 5.64. The van der Waals surface area contributed by atoms with Crippen LogP contribution >= 0.6 is 0 Å². The Balaban J connectivity index is 2.46. The van der Waals surface area contributed by atoms with E-state index >= 15 is 0 Å². The molecule has 0 fully saturated rings. The van der Waals surface area contributed by atoms with Gasteiger partial charge in [-0.25, -0.2) is 4.79 Å². The van der Waals surface area contributed by atoms with Crippen molar-refractivity contribution in [3.63, 3.8) is 0 Å². The molecule has 0 saturated carbocycles. The van der Waals surface area contributed by atoms with Crippen molar-refractivity contribution in [2.45, 2.75) is 19.5 Å². The third kappa shape index (κ3) is 5.27. The molecule has 0 spiro atoms. The molecule has 1 unspecified atom stereocenters. The second-order valence-electron chi connectivity index (χ2n) is 4.26. The van der Waals surface area contributed by atoms with Crippen molar-refractivity contribution in [2.75, 3.05) is 20.8 Å². The fourth-order valence-corrected chi connectivity index (χ4v) is 1.69. The van der Waals surface area contributed by atoms with E-state index in [1.807, 2.05) is 24.3 Å². The summed E-state index contributed by atoms with van der Waals surface area (Å²) in [5.41, 5.74) is 1.05. The molecule has 0 aliphatic heterocycles. The summed E-state index contributed by atoms with van der Waals surface area (Å²) in [7, 11) is 2.91. The van der Waals surface area contributed by atoms with Gasteiger partial charge in [-0.1, -0.05) is 12.1 Å². The molecular formula is C14H20N2O4. The maximum absolute atomic E-state index is 11.5. The largest absolute Gasteiger partial charge is 0.497 e. The third-order valence-corrected chi connectivity index (χ3v) is 2.70. The molecule has 6 nitrogen and oxygen atoms in total. The molecule has 6 heteroatoms. The van der Waals surface area contributed by atoms with Crippen molar-refractivity contribution in [1.82, 2.24) is 10.6 Å². The second-order valence-corrected chi connectivity index (χ2v) is 4.26. The number of carbonyl (C=O) groups excluding carboxylic acids is 2. The predicted molar refractivity (Wildman–Crippen MR) is 74.3 cm³/mol. The number of carbonyl (C=O) groups is 2. The van der Waals surface area contributed by atoms with Crippen LogP contribution in [0.3, 0.4) is 0 Å². The fourth-order valence-electron chi connectivity index (χ4n) is 1.69. The molecule has 1 aromatic carbocycles. The molecule has 110 valence electrons. The number of hydrogen-bond acceptors (Lipinski definition) is 5. The van der Waals surface area contributed by atoms with E-state index in [4.69, 9.17) is 4.74 Å². The second kappa shape index (κ2) is 8.16. The lowest BCUT2D eigenvalue weighted by Crippen LogP contribution is -2.46. The lowest BCUT2D eigenvalue weighted by Gasteiger charge is -2.16. The first-order valence-electron chi connectivity index (χ1n) is 6.25. The quantitative estimate of drug-likeness (QED) is 0.710. The van der Waals surface area contributed by atoms with Crippen molar-refractivity contribution in [2.24, 2.45) is 0 Å². The van der Waals surface area contributed by atoms with Gasteiger partial charge in [-0.05, 0) is 17.7 Å². The van der Waals surface area contributed by atoms with Crippen LogP contribution in [0.15, 0.2) is 24.3 Å². The van der Waals surface area contributed by atoms with E-state index in [2.05, 4.69) is 15.4 Å². The van der Waals surface area contributed by atoms with Gasteiger partial charge in [0, 0.05) is 20.0 Å². The standard InChI is InChI=1S/C14H20N2O4/c1-10(17)16-13(14(18)20-3)9-15-8-11-4-6-12(19-2)7-5-11/h4-7,13,15H,8-9H2,1-3H3,(H,16,17). The molecule has 1 amide bonds. The van der Waals surface area contributed by atoms with Crippen LogP contribution in [0.1, 0.15) is 12.5 Å². The highest BCUT2D eigenvalue weighted by Gasteiger charge is 2.19. The maximum Gasteiger partial charge on any atom is 0.329 e. The van der Waals surface area contributed by atoms with E-state index in [0.29, 0.717) is 13.1 Å². The van der Waals surface area contributed by atoms with Crippen LogP contribution in [-0.2, 0) is 20.9 Å². The molecule has 20 heavy (non-hydrogen) atoms. The van der Waals surface area contributed by atoms with Crippen LogP contribution in [-0.4, -0.2) is 38.7 Å². The topological polar surface area (TPSA) is 76.7 Å². The molecular weight excluding hydrogens is 260 g/mol. The fraction of sp³-hybridized carbons (Fsp3) is 0.429. The average Bonchev–Trinajstić information content (AvgIpc) is 2.45. The number of amides is 1. The number of ether oxygens (including phenoxy) is 2. The van der Waals surface area contributed by atoms with Crippen molar-refractivity contribution in [3.05, 3.63) is 29.8 Å². The van der Waals surface area contributed by atoms with Crippen LogP contribution < -0.4 is 15.4 Å². The Labute approximate surface area is 118 Å². The van der Waals surface area contributed by atoms with Gasteiger partial charge in [0.25, 0.3) is 0 Å². The van der Waals surface area contributed by atoms with Gasteiger partial charge in [-0.3, -0.25) is 4.79 Å². The molecule has 0 radical (unpaired) electrons. The first-order valence-corrected chi connectivity index (χ1v) is 6.25. The van der Waals surface area contributed by atoms with Crippen LogP contribution in [0.5, 0.6) is 5.75 Å². The number of benzene rings is 1. The van der Waals surface area contributed by atoms with Crippen molar-refractivity contribution < 1.29 is 19.1 Å². The van der Waals surface area contributed by atoms with E-state index in [-0.39, 0.29) is 5.91 Å². The van der Waals surface area contributed by atoms with Crippen molar-refractivity contribution in [1.29, 1.82) is 0 Å². The van der Waals surface area contributed by atoms with Gasteiger partial charge in [-0.15, -0.1) is 0 Å². The van der Waals surface area contributed by atoms with Crippen molar-refractivity contribution >= 4 is 11.9 Å². The Morgan fingerprint density at radius 1 is 1.20 bits per heavy atom. The molecule has 1 aromatic rings. The van der Waals surface area contributed by atoms with Gasteiger partial charge in [0.1, 0.15) is 11.8 Å². The Bertz CT molecular complexity index is 445. The maximum atomic E-state index is 11.5. The normalized spacial score (nSPS) is 11.6. The zero-order valence-electron chi connectivity index (χ0n) is 11.9. The van der Waals surface area contributed by atoms with Gasteiger partial charge < -0.3 is 20.1 Å². The smallest absolute Gasteiger partial charge is 0.329 e. The minimum atomic E-state index is -0.684. The minimum Gasteiger partial charge on any atom is -0.497 e. The Hall–Kier alpha value is -2.08. The number of hydrogen-bond donors (Lipinski definition) is 2. The van der Waals surface area contributed by atoms with E-state index in [0.717, 1.165) is 11.3 Å². The van der Waals surface area contributed by atoms with Crippen LogP contribution in [0.4, 0.5) is 0 Å². The van der Waals surface area contributed by atoms with Crippen LogP contribution in [0, 0.1) is 0 Å².